The van der Waals surface area contributed by atoms with Crippen LogP contribution < -0.4 is 0 Å². The summed E-state index contributed by atoms with van der Waals surface area (Å²) in [6, 6.07) is 7.42. The van der Waals surface area contributed by atoms with Crippen LogP contribution in [0.5, 0.6) is 0 Å². The minimum absolute atomic E-state index is 0.0453. The van der Waals surface area contributed by atoms with E-state index in [1.807, 2.05) is 31.2 Å². The minimum Gasteiger partial charge on any atom is -0.464 e. The minimum atomic E-state index is -0.817. The van der Waals surface area contributed by atoms with Crippen molar-refractivity contribution in [3.63, 3.8) is 0 Å². The van der Waals surface area contributed by atoms with Gasteiger partial charge >= 0.3 is 5.97 Å². The van der Waals surface area contributed by atoms with Gasteiger partial charge in [0, 0.05) is 0 Å². The maximum absolute atomic E-state index is 11.5. The number of ether oxygens (including phenoxy) is 1. The van der Waals surface area contributed by atoms with E-state index >= 15 is 0 Å². The lowest BCUT2D eigenvalue weighted by Crippen LogP contribution is -2.14. The smallest absolute Gasteiger partial charge is 0.360 e. The lowest BCUT2D eigenvalue weighted by Gasteiger charge is -2.12. The Morgan fingerprint density at radius 2 is 2.05 bits per heavy atom. The van der Waals surface area contributed by atoms with Gasteiger partial charge in [-0.2, -0.15) is 0 Å². The van der Waals surface area contributed by atoms with Crippen molar-refractivity contribution in [2.75, 3.05) is 7.11 Å². The molecule has 0 aliphatic rings. The average Bonchev–Trinajstić information content (AvgIpc) is 2.89. The second kappa shape index (κ2) is 6.47. The number of nitrogens with zero attached hydrogens (tertiary/aromatic N) is 3. The van der Waals surface area contributed by atoms with Gasteiger partial charge in [0.25, 0.3) is 0 Å². The number of esters is 1. The maximum atomic E-state index is 11.5. The summed E-state index contributed by atoms with van der Waals surface area (Å²) in [4.78, 5) is 11.5. The Morgan fingerprint density at radius 1 is 1.38 bits per heavy atom. The topological polar surface area (TPSA) is 97.5 Å². The molecule has 0 fully saturated rings. The predicted octanol–water partition coefficient (Wildman–Crippen LogP) is 0.599. The Labute approximate surface area is 121 Å². The van der Waals surface area contributed by atoms with Gasteiger partial charge in [0.2, 0.25) is 0 Å². The molecule has 0 aliphatic carbocycles. The first-order valence-electron chi connectivity index (χ1n) is 6.43. The molecule has 0 aliphatic heterocycles. The van der Waals surface area contributed by atoms with Crippen LogP contribution in [-0.2, 0) is 17.9 Å². The van der Waals surface area contributed by atoms with E-state index in [0.717, 1.165) is 11.1 Å². The third kappa shape index (κ3) is 3.26. The summed E-state index contributed by atoms with van der Waals surface area (Å²) in [5, 5.41) is 27.0. The van der Waals surface area contributed by atoms with Crippen LogP contribution in [-0.4, -0.2) is 38.3 Å². The summed E-state index contributed by atoms with van der Waals surface area (Å²) < 4.78 is 5.87. The van der Waals surface area contributed by atoms with Crippen molar-refractivity contribution < 1.29 is 19.7 Å². The van der Waals surface area contributed by atoms with E-state index in [-0.39, 0.29) is 17.9 Å². The number of rotatable bonds is 5. The Hall–Kier alpha value is -2.25. The molecule has 7 nitrogen and oxygen atoms in total. The number of aliphatic hydroxyl groups excluding tert-OH is 2. The van der Waals surface area contributed by atoms with Gasteiger partial charge in [-0.1, -0.05) is 35.0 Å². The van der Waals surface area contributed by atoms with Crippen LogP contribution in [0.3, 0.4) is 0 Å². The van der Waals surface area contributed by atoms with Gasteiger partial charge in [-0.15, -0.1) is 5.10 Å². The van der Waals surface area contributed by atoms with Gasteiger partial charge < -0.3 is 14.9 Å². The number of methoxy groups -OCH3 is 1. The third-order valence-electron chi connectivity index (χ3n) is 3.17. The standard InChI is InChI=1S/C14H17N3O4/c1-9-3-5-10(6-4-9)12(19)7-17-11(8-18)13(15-16-17)14(20)21-2/h3-6,12,18-19H,7-8H2,1-2H3. The van der Waals surface area contributed by atoms with Crippen molar-refractivity contribution in [1.29, 1.82) is 0 Å². The first-order chi connectivity index (χ1) is 10.1. The van der Waals surface area contributed by atoms with Crippen LogP contribution in [0.15, 0.2) is 24.3 Å². The Balaban J connectivity index is 2.21. The number of benzene rings is 1. The summed E-state index contributed by atoms with van der Waals surface area (Å²) in [5.41, 5.74) is 1.99. The second-order valence-electron chi connectivity index (χ2n) is 4.64. The van der Waals surface area contributed by atoms with E-state index in [0.29, 0.717) is 0 Å². The van der Waals surface area contributed by atoms with Crippen LogP contribution in [0.25, 0.3) is 0 Å². The average molecular weight is 291 g/mol. The van der Waals surface area contributed by atoms with Gasteiger partial charge in [-0.3, -0.25) is 0 Å². The number of carbonyl (C=O) groups is 1. The molecule has 1 aromatic carbocycles. The lowest BCUT2D eigenvalue weighted by atomic mass is 10.1. The lowest BCUT2D eigenvalue weighted by molar-refractivity contribution is 0.0589. The molecule has 1 unspecified atom stereocenters. The number of aryl methyl sites for hydroxylation is 1. The summed E-state index contributed by atoms with van der Waals surface area (Å²) in [5.74, 6) is -0.671. The van der Waals surface area contributed by atoms with Crippen LogP contribution in [0, 0.1) is 6.92 Å². The number of hydrogen-bond acceptors (Lipinski definition) is 6. The SMILES string of the molecule is COC(=O)c1nnn(CC(O)c2ccc(C)cc2)c1CO. The van der Waals surface area contributed by atoms with Crippen molar-refractivity contribution in [3.8, 4) is 0 Å². The van der Waals surface area contributed by atoms with Crippen LogP contribution >= 0.6 is 0 Å². The van der Waals surface area contributed by atoms with Gasteiger partial charge in [0.05, 0.1) is 32.1 Å². The zero-order valence-corrected chi connectivity index (χ0v) is 11.9. The second-order valence-corrected chi connectivity index (χ2v) is 4.64. The molecule has 112 valence electrons. The molecular weight excluding hydrogens is 274 g/mol. The van der Waals surface area contributed by atoms with Crippen LogP contribution in [0.2, 0.25) is 0 Å². The van der Waals surface area contributed by atoms with Gasteiger partial charge in [-0.25, -0.2) is 9.48 Å². The highest BCUT2D eigenvalue weighted by molar-refractivity contribution is 5.88. The molecule has 21 heavy (non-hydrogen) atoms. The highest BCUT2D eigenvalue weighted by Gasteiger charge is 2.21. The van der Waals surface area contributed by atoms with Crippen molar-refractivity contribution in [2.45, 2.75) is 26.2 Å². The Morgan fingerprint density at radius 3 is 2.62 bits per heavy atom. The molecule has 1 aromatic heterocycles. The van der Waals surface area contributed by atoms with Gasteiger partial charge in [-0.05, 0) is 12.5 Å². The quantitative estimate of drug-likeness (QED) is 0.783. The molecular formula is C14H17N3O4. The van der Waals surface area contributed by atoms with Crippen molar-refractivity contribution >= 4 is 5.97 Å². The first-order valence-corrected chi connectivity index (χ1v) is 6.43. The van der Waals surface area contributed by atoms with Crippen LogP contribution in [0.1, 0.15) is 33.4 Å². The highest BCUT2D eigenvalue weighted by atomic mass is 16.5. The molecule has 0 saturated carbocycles. The van der Waals surface area contributed by atoms with E-state index in [9.17, 15) is 15.0 Å². The van der Waals surface area contributed by atoms with Crippen LogP contribution in [0.4, 0.5) is 0 Å². The van der Waals surface area contributed by atoms with E-state index in [2.05, 4.69) is 15.0 Å². The summed E-state index contributed by atoms with van der Waals surface area (Å²) in [7, 11) is 1.23. The Kier molecular flexibility index (Phi) is 4.66. The van der Waals surface area contributed by atoms with Crippen molar-refractivity contribution in [3.05, 3.63) is 46.8 Å². The largest absolute Gasteiger partial charge is 0.464 e. The molecule has 2 aromatic rings. The fourth-order valence-electron chi connectivity index (χ4n) is 1.95. The number of aliphatic hydroxyl groups is 2. The summed E-state index contributed by atoms with van der Waals surface area (Å²) in [6.45, 7) is 1.63. The predicted molar refractivity (Wildman–Crippen MR) is 73.4 cm³/mol. The van der Waals surface area contributed by atoms with Crippen molar-refractivity contribution in [2.24, 2.45) is 0 Å². The number of aromatic nitrogens is 3. The molecule has 0 amide bonds. The Bertz CT molecular complexity index is 622. The van der Waals surface area contributed by atoms with Crippen molar-refractivity contribution in [1.82, 2.24) is 15.0 Å². The van der Waals surface area contributed by atoms with E-state index in [1.165, 1.54) is 11.8 Å². The van der Waals surface area contributed by atoms with E-state index in [1.54, 1.807) is 0 Å². The molecule has 0 saturated heterocycles. The van der Waals surface area contributed by atoms with Gasteiger partial charge in [0.15, 0.2) is 5.69 Å². The van der Waals surface area contributed by atoms with Gasteiger partial charge in [0.1, 0.15) is 0 Å². The molecule has 2 rings (SSSR count). The molecule has 0 spiro atoms. The fraction of sp³-hybridized carbons (Fsp3) is 0.357. The van der Waals surface area contributed by atoms with E-state index in [4.69, 9.17) is 0 Å². The molecule has 2 N–H and O–H groups in total. The zero-order chi connectivity index (χ0) is 15.4. The molecule has 0 bridgehead atoms. The molecule has 7 heteroatoms. The fourth-order valence-corrected chi connectivity index (χ4v) is 1.95. The zero-order valence-electron chi connectivity index (χ0n) is 11.9. The summed E-state index contributed by atoms with van der Waals surface area (Å²) in [6.07, 6.45) is -0.817. The normalized spacial score (nSPS) is 12.2. The molecule has 1 atom stereocenters. The third-order valence-corrected chi connectivity index (χ3v) is 3.17. The van der Waals surface area contributed by atoms with E-state index < -0.39 is 18.7 Å². The monoisotopic (exact) mass is 291 g/mol. The number of hydrogen-bond donors (Lipinski definition) is 2. The number of carbonyl (C=O) groups excluding carboxylic acids is 1. The summed E-state index contributed by atoms with van der Waals surface area (Å²) >= 11 is 0. The highest BCUT2D eigenvalue weighted by Crippen LogP contribution is 2.17. The molecule has 1 heterocycles. The molecule has 0 radical (unpaired) electrons. The maximum Gasteiger partial charge on any atom is 0.360 e. The first kappa shape index (κ1) is 15.1.